The molecule has 1 aliphatic rings. The van der Waals surface area contributed by atoms with E-state index in [0.717, 1.165) is 18.9 Å². The van der Waals surface area contributed by atoms with Crippen molar-refractivity contribution in [2.24, 2.45) is 0 Å². The lowest BCUT2D eigenvalue weighted by molar-refractivity contribution is 0.314. The molecule has 1 saturated heterocycles. The lowest BCUT2D eigenvalue weighted by Gasteiger charge is -2.26. The Morgan fingerprint density at radius 2 is 2.18 bits per heavy atom. The number of rotatable bonds is 4. The summed E-state index contributed by atoms with van der Waals surface area (Å²) in [5.41, 5.74) is 5.67. The van der Waals surface area contributed by atoms with Gasteiger partial charge in [0, 0.05) is 43.8 Å². The maximum absolute atomic E-state index is 5.67. The minimum atomic E-state index is 0.523. The van der Waals surface area contributed by atoms with Crippen LogP contribution in [0.15, 0.2) is 6.07 Å². The topological polar surface area (TPSA) is 67.1 Å². The van der Waals surface area contributed by atoms with Gasteiger partial charge in [0.25, 0.3) is 0 Å². The summed E-state index contributed by atoms with van der Waals surface area (Å²) in [5, 5.41) is 3.29. The van der Waals surface area contributed by atoms with Crippen molar-refractivity contribution in [3.63, 3.8) is 0 Å². The number of hydrogen-bond acceptors (Lipinski definition) is 6. The van der Waals surface area contributed by atoms with E-state index in [9.17, 15) is 0 Å². The summed E-state index contributed by atoms with van der Waals surface area (Å²) in [7, 11) is 0. The zero-order valence-electron chi connectivity index (χ0n) is 10.1. The van der Waals surface area contributed by atoms with Crippen LogP contribution in [0, 0.1) is 6.92 Å². The maximum atomic E-state index is 5.67. The summed E-state index contributed by atoms with van der Waals surface area (Å²) in [4.78, 5) is 10.8. The van der Waals surface area contributed by atoms with E-state index in [1.807, 2.05) is 18.7 Å². The van der Waals surface area contributed by atoms with Crippen LogP contribution in [0.4, 0.5) is 11.6 Å². The molecule has 0 saturated carbocycles. The highest BCUT2D eigenvalue weighted by atomic mass is 32.2. The molecule has 0 radical (unpaired) electrons. The minimum absolute atomic E-state index is 0.523. The van der Waals surface area contributed by atoms with Gasteiger partial charge in [0.1, 0.15) is 17.5 Å². The average molecular weight is 253 g/mol. The van der Waals surface area contributed by atoms with E-state index in [0.29, 0.717) is 11.6 Å². The standard InChI is InChI=1S/C11H19N5S/c1-9-14-10(12)8-11(15-9)13-2-3-16-4-6-17-7-5-16/h8H,2-7H2,1H3,(H3,12,13,14,15). The summed E-state index contributed by atoms with van der Waals surface area (Å²) in [6, 6.07) is 1.78. The van der Waals surface area contributed by atoms with E-state index in [-0.39, 0.29) is 0 Å². The summed E-state index contributed by atoms with van der Waals surface area (Å²) in [6.45, 7) is 6.20. The predicted octanol–water partition coefficient (Wildman–Crippen LogP) is 0.828. The van der Waals surface area contributed by atoms with Crippen LogP contribution in [0.25, 0.3) is 0 Å². The third kappa shape index (κ3) is 4.05. The monoisotopic (exact) mass is 253 g/mol. The average Bonchev–Trinajstić information content (AvgIpc) is 2.29. The van der Waals surface area contributed by atoms with Gasteiger partial charge in [-0.2, -0.15) is 11.8 Å². The summed E-state index contributed by atoms with van der Waals surface area (Å²) >= 11 is 2.03. The first kappa shape index (κ1) is 12.4. The van der Waals surface area contributed by atoms with Crippen LogP contribution in [0.1, 0.15) is 5.82 Å². The van der Waals surface area contributed by atoms with E-state index in [2.05, 4.69) is 20.2 Å². The van der Waals surface area contributed by atoms with Crippen LogP contribution in [-0.2, 0) is 0 Å². The Balaban J connectivity index is 1.77. The predicted molar refractivity (Wildman–Crippen MR) is 73.4 cm³/mol. The molecule has 6 heteroatoms. The number of aromatic nitrogens is 2. The largest absolute Gasteiger partial charge is 0.384 e. The first-order valence-electron chi connectivity index (χ1n) is 5.89. The van der Waals surface area contributed by atoms with Crippen LogP contribution in [0.5, 0.6) is 0 Å². The first-order valence-corrected chi connectivity index (χ1v) is 7.04. The van der Waals surface area contributed by atoms with Crippen LogP contribution >= 0.6 is 11.8 Å². The van der Waals surface area contributed by atoms with Gasteiger partial charge in [-0.05, 0) is 6.92 Å². The Kier molecular flexibility index (Phi) is 4.44. The second-order valence-corrected chi connectivity index (χ2v) is 5.33. The number of nitrogen functional groups attached to an aromatic ring is 1. The molecule has 2 rings (SSSR count). The van der Waals surface area contributed by atoms with Crippen molar-refractivity contribution in [3.05, 3.63) is 11.9 Å². The molecule has 1 aliphatic heterocycles. The fourth-order valence-electron chi connectivity index (χ4n) is 1.85. The van der Waals surface area contributed by atoms with Crippen molar-refractivity contribution in [2.75, 3.05) is 48.7 Å². The Labute approximate surface area is 106 Å². The second kappa shape index (κ2) is 6.07. The zero-order valence-corrected chi connectivity index (χ0v) is 11.0. The van der Waals surface area contributed by atoms with Gasteiger partial charge in [0.15, 0.2) is 0 Å². The van der Waals surface area contributed by atoms with E-state index < -0.39 is 0 Å². The first-order chi connectivity index (χ1) is 8.24. The van der Waals surface area contributed by atoms with Gasteiger partial charge in [-0.1, -0.05) is 0 Å². The highest BCUT2D eigenvalue weighted by Gasteiger charge is 2.09. The molecule has 1 fully saturated rings. The number of nitrogens with two attached hydrogens (primary N) is 1. The number of nitrogens with one attached hydrogen (secondary N) is 1. The van der Waals surface area contributed by atoms with Crippen LogP contribution in [-0.4, -0.2) is 52.6 Å². The molecule has 0 atom stereocenters. The molecule has 17 heavy (non-hydrogen) atoms. The Morgan fingerprint density at radius 3 is 2.88 bits per heavy atom. The zero-order chi connectivity index (χ0) is 12.1. The lowest BCUT2D eigenvalue weighted by atomic mass is 10.4. The molecule has 0 amide bonds. The SMILES string of the molecule is Cc1nc(N)cc(NCCN2CCSCC2)n1. The van der Waals surface area contributed by atoms with Crippen molar-refractivity contribution in [3.8, 4) is 0 Å². The van der Waals surface area contributed by atoms with Crippen molar-refractivity contribution >= 4 is 23.4 Å². The normalized spacial score (nSPS) is 17.0. The molecule has 94 valence electrons. The summed E-state index contributed by atoms with van der Waals surface area (Å²) < 4.78 is 0. The Hall–Kier alpha value is -1.01. The third-order valence-corrected chi connectivity index (χ3v) is 3.64. The molecule has 0 aromatic carbocycles. The molecule has 2 heterocycles. The Morgan fingerprint density at radius 1 is 1.41 bits per heavy atom. The summed E-state index contributed by atoms with van der Waals surface area (Å²) in [5.74, 6) is 4.55. The molecule has 3 N–H and O–H groups in total. The van der Waals surface area contributed by atoms with Crippen molar-refractivity contribution < 1.29 is 0 Å². The molecule has 1 aromatic rings. The van der Waals surface area contributed by atoms with Crippen LogP contribution in [0.3, 0.4) is 0 Å². The van der Waals surface area contributed by atoms with E-state index in [1.54, 1.807) is 6.07 Å². The third-order valence-electron chi connectivity index (χ3n) is 2.70. The quantitative estimate of drug-likeness (QED) is 0.828. The molecule has 0 bridgehead atoms. The summed E-state index contributed by atoms with van der Waals surface area (Å²) in [6.07, 6.45) is 0. The van der Waals surface area contributed by atoms with Gasteiger partial charge < -0.3 is 11.1 Å². The number of aryl methyl sites for hydroxylation is 1. The van der Waals surface area contributed by atoms with Gasteiger partial charge in [0.2, 0.25) is 0 Å². The van der Waals surface area contributed by atoms with Crippen LogP contribution < -0.4 is 11.1 Å². The fraction of sp³-hybridized carbons (Fsp3) is 0.636. The van der Waals surface area contributed by atoms with Gasteiger partial charge in [-0.15, -0.1) is 0 Å². The molecular weight excluding hydrogens is 234 g/mol. The highest BCUT2D eigenvalue weighted by molar-refractivity contribution is 7.99. The molecule has 0 spiro atoms. The highest BCUT2D eigenvalue weighted by Crippen LogP contribution is 2.09. The second-order valence-electron chi connectivity index (χ2n) is 4.11. The molecule has 5 nitrogen and oxygen atoms in total. The van der Waals surface area contributed by atoms with Crippen molar-refractivity contribution in [1.82, 2.24) is 14.9 Å². The molecule has 1 aromatic heterocycles. The molecular formula is C11H19N5S. The lowest BCUT2D eigenvalue weighted by Crippen LogP contribution is -2.36. The van der Waals surface area contributed by atoms with E-state index >= 15 is 0 Å². The van der Waals surface area contributed by atoms with Crippen LogP contribution in [0.2, 0.25) is 0 Å². The smallest absolute Gasteiger partial charge is 0.131 e. The molecule has 0 unspecified atom stereocenters. The number of thioether (sulfide) groups is 1. The van der Waals surface area contributed by atoms with Crippen molar-refractivity contribution in [2.45, 2.75) is 6.92 Å². The van der Waals surface area contributed by atoms with Gasteiger partial charge in [0.05, 0.1) is 0 Å². The minimum Gasteiger partial charge on any atom is -0.384 e. The number of nitrogens with zero attached hydrogens (tertiary/aromatic N) is 3. The fourth-order valence-corrected chi connectivity index (χ4v) is 2.83. The van der Waals surface area contributed by atoms with Gasteiger partial charge in [-0.25, -0.2) is 9.97 Å². The van der Waals surface area contributed by atoms with E-state index in [1.165, 1.54) is 24.6 Å². The van der Waals surface area contributed by atoms with Crippen molar-refractivity contribution in [1.29, 1.82) is 0 Å². The Bertz CT molecular complexity index is 345. The number of anilines is 2. The van der Waals surface area contributed by atoms with E-state index in [4.69, 9.17) is 5.73 Å². The molecule has 0 aliphatic carbocycles. The van der Waals surface area contributed by atoms with Gasteiger partial charge in [-0.3, -0.25) is 4.90 Å². The maximum Gasteiger partial charge on any atom is 0.131 e. The van der Waals surface area contributed by atoms with Gasteiger partial charge >= 0.3 is 0 Å². The number of hydrogen-bond donors (Lipinski definition) is 2.